The second kappa shape index (κ2) is 6.23. The number of carbonyl (C=O) groups is 1. The van der Waals surface area contributed by atoms with E-state index in [1.165, 1.54) is 7.11 Å². The average Bonchev–Trinajstić information content (AvgIpc) is 2.39. The minimum atomic E-state index is -0.0871. The number of carbonyl (C=O) groups excluding carboxylic acids is 1. The van der Waals surface area contributed by atoms with E-state index in [0.29, 0.717) is 0 Å². The topological polar surface area (TPSA) is 35.5 Å². The summed E-state index contributed by atoms with van der Waals surface area (Å²) in [5, 5.41) is 0. The lowest BCUT2D eigenvalue weighted by Gasteiger charge is -2.27. The summed E-state index contributed by atoms with van der Waals surface area (Å²) >= 11 is 3.42. The number of halogens is 1. The summed E-state index contributed by atoms with van der Waals surface area (Å²) in [6, 6.07) is 7.85. The van der Waals surface area contributed by atoms with Gasteiger partial charge in [-0.2, -0.15) is 0 Å². The molecule has 1 saturated carbocycles. The summed E-state index contributed by atoms with van der Waals surface area (Å²) in [5.74, 6) is 0.846. The molecule has 0 bridgehead atoms. The summed E-state index contributed by atoms with van der Waals surface area (Å²) in [4.78, 5) is 11.4. The lowest BCUT2D eigenvalue weighted by Crippen LogP contribution is -2.28. The summed E-state index contributed by atoms with van der Waals surface area (Å²) < 4.78 is 11.7. The molecule has 0 atom stereocenters. The zero-order valence-corrected chi connectivity index (χ0v) is 12.0. The Labute approximate surface area is 116 Å². The average molecular weight is 313 g/mol. The van der Waals surface area contributed by atoms with Gasteiger partial charge in [-0.3, -0.25) is 4.79 Å². The van der Waals surface area contributed by atoms with Gasteiger partial charge in [-0.05, 0) is 43.9 Å². The Hall–Kier alpha value is -1.03. The van der Waals surface area contributed by atoms with Crippen LogP contribution in [0.5, 0.6) is 5.75 Å². The molecule has 0 spiro atoms. The highest BCUT2D eigenvalue weighted by molar-refractivity contribution is 9.10. The highest BCUT2D eigenvalue weighted by Crippen LogP contribution is 2.29. The molecule has 1 aliphatic carbocycles. The fraction of sp³-hybridized carbons (Fsp3) is 0.500. The molecule has 1 aromatic carbocycles. The Morgan fingerprint density at radius 2 is 2.00 bits per heavy atom. The quantitative estimate of drug-likeness (QED) is 0.801. The number of ether oxygens (including phenoxy) is 2. The third-order valence-corrected chi connectivity index (χ3v) is 3.80. The minimum absolute atomic E-state index is 0.0531. The molecule has 1 fully saturated rings. The van der Waals surface area contributed by atoms with Crippen molar-refractivity contribution in [3.63, 3.8) is 0 Å². The monoisotopic (exact) mass is 312 g/mol. The first kappa shape index (κ1) is 13.4. The Kier molecular flexibility index (Phi) is 4.64. The van der Waals surface area contributed by atoms with Crippen LogP contribution in [0.3, 0.4) is 0 Å². The lowest BCUT2D eigenvalue weighted by atomic mass is 9.87. The van der Waals surface area contributed by atoms with Crippen LogP contribution in [0.1, 0.15) is 25.7 Å². The molecule has 98 valence electrons. The van der Waals surface area contributed by atoms with Crippen molar-refractivity contribution in [2.45, 2.75) is 31.8 Å². The Balaban J connectivity index is 1.85. The SMILES string of the molecule is COC(=O)C1CCC(Oc2cccc(Br)c2)CC1. The van der Waals surface area contributed by atoms with Gasteiger partial charge < -0.3 is 9.47 Å². The van der Waals surface area contributed by atoms with Crippen molar-refractivity contribution in [3.8, 4) is 5.75 Å². The van der Waals surface area contributed by atoms with Crippen molar-refractivity contribution in [2.75, 3.05) is 7.11 Å². The van der Waals surface area contributed by atoms with E-state index in [1.807, 2.05) is 24.3 Å². The zero-order chi connectivity index (χ0) is 13.0. The maximum absolute atomic E-state index is 11.4. The van der Waals surface area contributed by atoms with Crippen LogP contribution >= 0.6 is 15.9 Å². The number of hydrogen-bond donors (Lipinski definition) is 0. The molecule has 3 nitrogen and oxygen atoms in total. The molecule has 0 aliphatic heterocycles. The first-order valence-electron chi connectivity index (χ1n) is 6.19. The van der Waals surface area contributed by atoms with Gasteiger partial charge in [0.1, 0.15) is 5.75 Å². The van der Waals surface area contributed by atoms with Gasteiger partial charge >= 0.3 is 5.97 Å². The number of hydrogen-bond acceptors (Lipinski definition) is 3. The van der Waals surface area contributed by atoms with Crippen molar-refractivity contribution >= 4 is 21.9 Å². The second-order valence-electron chi connectivity index (χ2n) is 4.57. The van der Waals surface area contributed by atoms with Crippen LogP contribution in [0.2, 0.25) is 0 Å². The van der Waals surface area contributed by atoms with Crippen molar-refractivity contribution in [1.29, 1.82) is 0 Å². The van der Waals surface area contributed by atoms with E-state index in [1.54, 1.807) is 0 Å². The van der Waals surface area contributed by atoms with E-state index in [9.17, 15) is 4.79 Å². The molecule has 0 N–H and O–H groups in total. The van der Waals surface area contributed by atoms with Crippen LogP contribution in [-0.2, 0) is 9.53 Å². The molecule has 0 radical (unpaired) electrons. The highest BCUT2D eigenvalue weighted by atomic mass is 79.9. The van der Waals surface area contributed by atoms with E-state index in [2.05, 4.69) is 15.9 Å². The molecule has 1 aromatic rings. The summed E-state index contributed by atoms with van der Waals surface area (Å²) in [6.07, 6.45) is 3.73. The molecule has 0 saturated heterocycles. The van der Waals surface area contributed by atoms with Crippen LogP contribution in [0.15, 0.2) is 28.7 Å². The predicted octanol–water partition coefficient (Wildman–Crippen LogP) is 3.56. The Bertz CT molecular complexity index is 411. The van der Waals surface area contributed by atoms with Crippen LogP contribution < -0.4 is 4.74 Å². The predicted molar refractivity (Wildman–Crippen MR) is 72.5 cm³/mol. The van der Waals surface area contributed by atoms with E-state index in [0.717, 1.165) is 35.9 Å². The van der Waals surface area contributed by atoms with Crippen molar-refractivity contribution < 1.29 is 14.3 Å². The van der Waals surface area contributed by atoms with E-state index in [-0.39, 0.29) is 18.0 Å². The molecule has 1 aliphatic rings. The van der Waals surface area contributed by atoms with Gasteiger partial charge in [0.2, 0.25) is 0 Å². The van der Waals surface area contributed by atoms with Gasteiger partial charge in [0.05, 0.1) is 19.1 Å². The van der Waals surface area contributed by atoms with Gasteiger partial charge in [0, 0.05) is 4.47 Å². The van der Waals surface area contributed by atoms with Crippen molar-refractivity contribution in [3.05, 3.63) is 28.7 Å². The van der Waals surface area contributed by atoms with Gasteiger partial charge in [0.15, 0.2) is 0 Å². The molecule has 0 heterocycles. The fourth-order valence-electron chi connectivity index (χ4n) is 2.32. The first-order valence-corrected chi connectivity index (χ1v) is 6.98. The van der Waals surface area contributed by atoms with E-state index >= 15 is 0 Å². The van der Waals surface area contributed by atoms with E-state index in [4.69, 9.17) is 9.47 Å². The summed E-state index contributed by atoms with van der Waals surface area (Å²) in [5.41, 5.74) is 0. The maximum atomic E-state index is 11.4. The zero-order valence-electron chi connectivity index (χ0n) is 10.4. The number of methoxy groups -OCH3 is 1. The lowest BCUT2D eigenvalue weighted by molar-refractivity contribution is -0.147. The molecular weight excluding hydrogens is 296 g/mol. The Morgan fingerprint density at radius 3 is 2.61 bits per heavy atom. The molecule has 0 amide bonds. The van der Waals surface area contributed by atoms with Crippen LogP contribution in [0.25, 0.3) is 0 Å². The smallest absolute Gasteiger partial charge is 0.308 e. The summed E-state index contributed by atoms with van der Waals surface area (Å²) in [6.45, 7) is 0. The third-order valence-electron chi connectivity index (χ3n) is 3.31. The first-order chi connectivity index (χ1) is 8.69. The molecule has 2 rings (SSSR count). The third kappa shape index (κ3) is 3.48. The van der Waals surface area contributed by atoms with Crippen LogP contribution in [0.4, 0.5) is 0 Å². The Morgan fingerprint density at radius 1 is 1.28 bits per heavy atom. The largest absolute Gasteiger partial charge is 0.490 e. The van der Waals surface area contributed by atoms with Crippen LogP contribution in [-0.4, -0.2) is 19.2 Å². The highest BCUT2D eigenvalue weighted by Gasteiger charge is 2.27. The van der Waals surface area contributed by atoms with Gasteiger partial charge in [0.25, 0.3) is 0 Å². The maximum Gasteiger partial charge on any atom is 0.308 e. The van der Waals surface area contributed by atoms with Crippen molar-refractivity contribution in [1.82, 2.24) is 0 Å². The normalized spacial score (nSPS) is 23.4. The molecule has 18 heavy (non-hydrogen) atoms. The van der Waals surface area contributed by atoms with Gasteiger partial charge in [-0.25, -0.2) is 0 Å². The fourth-order valence-corrected chi connectivity index (χ4v) is 2.69. The minimum Gasteiger partial charge on any atom is -0.490 e. The number of rotatable bonds is 3. The molecule has 4 heteroatoms. The van der Waals surface area contributed by atoms with Crippen LogP contribution in [0, 0.1) is 5.92 Å². The molecule has 0 unspecified atom stereocenters. The van der Waals surface area contributed by atoms with Crippen molar-refractivity contribution in [2.24, 2.45) is 5.92 Å². The summed E-state index contributed by atoms with van der Waals surface area (Å²) in [7, 11) is 1.45. The molecule has 0 aromatic heterocycles. The standard InChI is InChI=1S/C14H17BrO3/c1-17-14(16)10-5-7-12(8-6-10)18-13-4-2-3-11(15)9-13/h2-4,9-10,12H,5-8H2,1H3. The number of esters is 1. The molecular formula is C14H17BrO3. The van der Waals surface area contributed by atoms with Gasteiger partial charge in [-0.1, -0.05) is 22.0 Å². The van der Waals surface area contributed by atoms with E-state index < -0.39 is 0 Å². The second-order valence-corrected chi connectivity index (χ2v) is 5.49. The van der Waals surface area contributed by atoms with Gasteiger partial charge in [-0.15, -0.1) is 0 Å². The number of benzene rings is 1.